The van der Waals surface area contributed by atoms with Crippen molar-refractivity contribution in [1.29, 1.82) is 0 Å². The van der Waals surface area contributed by atoms with E-state index in [0.29, 0.717) is 23.7 Å². The Kier molecular flexibility index (Phi) is 5.31. The Morgan fingerprint density at radius 1 is 1.25 bits per heavy atom. The van der Waals surface area contributed by atoms with Gasteiger partial charge in [-0.05, 0) is 49.6 Å². The number of carbonyl (C=O) groups excluding carboxylic acids is 1. The molecule has 0 unspecified atom stereocenters. The quantitative estimate of drug-likeness (QED) is 0.764. The summed E-state index contributed by atoms with van der Waals surface area (Å²) < 4.78 is 44.4. The van der Waals surface area contributed by atoms with Gasteiger partial charge in [-0.15, -0.1) is 0 Å². The first-order chi connectivity index (χ1) is 11.2. The van der Waals surface area contributed by atoms with Crippen LogP contribution < -0.4 is 0 Å². The first-order valence-corrected chi connectivity index (χ1v) is 7.66. The molecule has 1 aromatic carbocycles. The molecule has 0 spiro atoms. The van der Waals surface area contributed by atoms with Crippen molar-refractivity contribution in [2.24, 2.45) is 5.92 Å². The lowest BCUT2D eigenvalue weighted by Gasteiger charge is -2.09. The summed E-state index contributed by atoms with van der Waals surface area (Å²) in [7, 11) is 0. The van der Waals surface area contributed by atoms with Gasteiger partial charge in [-0.2, -0.15) is 18.3 Å². The van der Waals surface area contributed by atoms with Crippen molar-refractivity contribution in [3.05, 3.63) is 47.3 Å². The topological polar surface area (TPSA) is 44.1 Å². The highest BCUT2D eigenvalue weighted by Gasteiger charge is 2.30. The van der Waals surface area contributed by atoms with Gasteiger partial charge in [-0.1, -0.05) is 13.8 Å². The van der Waals surface area contributed by atoms with Crippen LogP contribution in [-0.2, 0) is 17.3 Å². The maximum Gasteiger partial charge on any atom is 0.416 e. The minimum Gasteiger partial charge on any atom is -0.461 e. The van der Waals surface area contributed by atoms with E-state index in [1.165, 1.54) is 16.8 Å². The van der Waals surface area contributed by atoms with Crippen molar-refractivity contribution in [2.45, 2.75) is 33.4 Å². The lowest BCUT2D eigenvalue weighted by Crippen LogP contribution is -2.12. The predicted molar refractivity (Wildman–Crippen MR) is 83.1 cm³/mol. The van der Waals surface area contributed by atoms with E-state index >= 15 is 0 Å². The minimum absolute atomic E-state index is 0.201. The van der Waals surface area contributed by atoms with Crippen molar-refractivity contribution < 1.29 is 22.7 Å². The van der Waals surface area contributed by atoms with E-state index in [-0.39, 0.29) is 12.3 Å². The zero-order chi connectivity index (χ0) is 17.9. The Morgan fingerprint density at radius 2 is 1.88 bits per heavy atom. The fourth-order valence-electron chi connectivity index (χ4n) is 2.29. The maximum atomic E-state index is 12.7. The van der Waals surface area contributed by atoms with Gasteiger partial charge in [0.05, 0.1) is 23.6 Å². The third-order valence-corrected chi connectivity index (χ3v) is 3.30. The second kappa shape index (κ2) is 7.07. The van der Waals surface area contributed by atoms with E-state index in [1.807, 2.05) is 13.8 Å². The lowest BCUT2D eigenvalue weighted by molar-refractivity contribution is -0.137. The summed E-state index contributed by atoms with van der Waals surface area (Å²) in [6.07, 6.45) is -3.75. The number of halogens is 3. The van der Waals surface area contributed by atoms with Crippen LogP contribution >= 0.6 is 0 Å². The average Bonchev–Trinajstić information content (AvgIpc) is 2.90. The molecule has 4 nitrogen and oxygen atoms in total. The van der Waals surface area contributed by atoms with Gasteiger partial charge in [0.25, 0.3) is 0 Å². The number of hydrogen-bond acceptors (Lipinski definition) is 3. The minimum atomic E-state index is -4.41. The summed E-state index contributed by atoms with van der Waals surface area (Å²) in [4.78, 5) is 12.1. The van der Waals surface area contributed by atoms with Crippen LogP contribution in [0.25, 0.3) is 5.69 Å². The van der Waals surface area contributed by atoms with Gasteiger partial charge in [0.2, 0.25) is 0 Å². The number of ether oxygens (including phenoxy) is 1. The molecular weight excluding hydrogens is 321 g/mol. The fraction of sp³-hybridized carbons (Fsp3) is 0.412. The first-order valence-electron chi connectivity index (χ1n) is 7.66. The van der Waals surface area contributed by atoms with Gasteiger partial charge in [-0.25, -0.2) is 9.48 Å². The molecule has 0 aliphatic rings. The molecule has 24 heavy (non-hydrogen) atoms. The van der Waals surface area contributed by atoms with Crippen LogP contribution in [0.3, 0.4) is 0 Å². The number of benzene rings is 1. The molecule has 0 atom stereocenters. The van der Waals surface area contributed by atoms with Crippen molar-refractivity contribution in [3.8, 4) is 5.69 Å². The molecule has 0 bridgehead atoms. The van der Waals surface area contributed by atoms with Gasteiger partial charge in [-0.3, -0.25) is 0 Å². The molecule has 0 amide bonds. The van der Waals surface area contributed by atoms with Crippen molar-refractivity contribution in [3.63, 3.8) is 0 Å². The number of aromatic nitrogens is 2. The molecule has 0 radical (unpaired) electrons. The van der Waals surface area contributed by atoms with Crippen LogP contribution in [0.5, 0.6) is 0 Å². The highest BCUT2D eigenvalue weighted by Crippen LogP contribution is 2.29. The fourth-order valence-corrected chi connectivity index (χ4v) is 2.29. The number of rotatable bonds is 5. The summed E-state index contributed by atoms with van der Waals surface area (Å²) in [6, 6.07) is 6.13. The lowest BCUT2D eigenvalue weighted by atomic mass is 10.1. The van der Waals surface area contributed by atoms with Crippen molar-refractivity contribution >= 4 is 5.97 Å². The molecule has 7 heteroatoms. The standard InChI is InChI=1S/C17H19F3N2O2/c1-4-24-16(23)15-10-13(9-11(2)3)21-22(15)14-7-5-12(6-8-14)17(18,19)20/h5-8,10-11H,4,9H2,1-3H3. The van der Waals surface area contributed by atoms with E-state index in [2.05, 4.69) is 5.10 Å². The number of alkyl halides is 3. The van der Waals surface area contributed by atoms with Gasteiger partial charge in [0.1, 0.15) is 0 Å². The second-order valence-corrected chi connectivity index (χ2v) is 5.80. The molecule has 0 aliphatic carbocycles. The molecule has 130 valence electrons. The van der Waals surface area contributed by atoms with E-state index in [1.54, 1.807) is 13.0 Å². The molecule has 0 N–H and O–H groups in total. The van der Waals surface area contributed by atoms with Crippen molar-refractivity contribution in [2.75, 3.05) is 6.61 Å². The maximum absolute atomic E-state index is 12.7. The average molecular weight is 340 g/mol. The molecule has 2 rings (SSSR count). The number of esters is 1. The second-order valence-electron chi connectivity index (χ2n) is 5.80. The third kappa shape index (κ3) is 4.15. The van der Waals surface area contributed by atoms with E-state index < -0.39 is 17.7 Å². The van der Waals surface area contributed by atoms with Crippen LogP contribution in [0.4, 0.5) is 13.2 Å². The Labute approximate surface area is 138 Å². The Bertz CT molecular complexity index is 704. The Balaban J connectivity index is 2.43. The summed E-state index contributed by atoms with van der Waals surface area (Å²) in [5, 5.41) is 4.35. The zero-order valence-electron chi connectivity index (χ0n) is 13.7. The monoisotopic (exact) mass is 340 g/mol. The summed E-state index contributed by atoms with van der Waals surface area (Å²) >= 11 is 0. The molecule has 1 aromatic heterocycles. The molecule has 2 aromatic rings. The van der Waals surface area contributed by atoms with Crippen LogP contribution in [0.1, 0.15) is 42.5 Å². The van der Waals surface area contributed by atoms with E-state index in [4.69, 9.17) is 4.74 Å². The number of hydrogen-bond donors (Lipinski definition) is 0. The van der Waals surface area contributed by atoms with Gasteiger partial charge >= 0.3 is 12.1 Å². The molecular formula is C17H19F3N2O2. The Morgan fingerprint density at radius 3 is 2.38 bits per heavy atom. The highest BCUT2D eigenvalue weighted by molar-refractivity contribution is 5.88. The van der Waals surface area contributed by atoms with Crippen molar-refractivity contribution in [1.82, 2.24) is 9.78 Å². The van der Waals surface area contributed by atoms with Crippen LogP contribution in [0, 0.1) is 5.92 Å². The molecule has 0 aliphatic heterocycles. The summed E-state index contributed by atoms with van der Waals surface area (Å²) in [5.41, 5.74) is 0.514. The van der Waals surface area contributed by atoms with Crippen LogP contribution in [0.15, 0.2) is 30.3 Å². The van der Waals surface area contributed by atoms with E-state index in [0.717, 1.165) is 12.1 Å². The zero-order valence-corrected chi connectivity index (χ0v) is 13.7. The largest absolute Gasteiger partial charge is 0.461 e. The highest BCUT2D eigenvalue weighted by atomic mass is 19.4. The third-order valence-electron chi connectivity index (χ3n) is 3.30. The van der Waals surface area contributed by atoms with Gasteiger partial charge in [0, 0.05) is 0 Å². The predicted octanol–water partition coefficient (Wildman–Crippen LogP) is 4.27. The van der Waals surface area contributed by atoms with Gasteiger partial charge < -0.3 is 4.74 Å². The first kappa shape index (κ1) is 18.0. The summed E-state index contributed by atoms with van der Waals surface area (Å²) in [6.45, 7) is 5.92. The number of carbonyl (C=O) groups is 1. The summed E-state index contributed by atoms with van der Waals surface area (Å²) in [5.74, 6) is -0.226. The van der Waals surface area contributed by atoms with E-state index in [9.17, 15) is 18.0 Å². The molecule has 0 saturated heterocycles. The molecule has 0 fully saturated rings. The SMILES string of the molecule is CCOC(=O)c1cc(CC(C)C)nn1-c1ccc(C(F)(F)F)cc1. The van der Waals surface area contributed by atoms with Crippen LogP contribution in [-0.4, -0.2) is 22.4 Å². The normalized spacial score (nSPS) is 11.8. The molecule has 1 heterocycles. The Hall–Kier alpha value is -2.31. The van der Waals surface area contributed by atoms with Crippen LogP contribution in [0.2, 0.25) is 0 Å². The smallest absolute Gasteiger partial charge is 0.416 e. The number of nitrogens with zero attached hydrogens (tertiary/aromatic N) is 2. The van der Waals surface area contributed by atoms with Gasteiger partial charge in [0.15, 0.2) is 5.69 Å². The molecule has 0 saturated carbocycles.